The predicted octanol–water partition coefficient (Wildman–Crippen LogP) is 3.60. The zero-order valence-corrected chi connectivity index (χ0v) is 15.7. The van der Waals surface area contributed by atoms with Gasteiger partial charge in [0, 0.05) is 27.3 Å². The first-order chi connectivity index (χ1) is 8.56. The SMILES string of the molecule is CCCCCCCCCCCCCC[P+](C)(C)C.[Cl-]. The number of halogens is 1. The highest BCUT2D eigenvalue weighted by molar-refractivity contribution is 7.73. The smallest absolute Gasteiger partial charge is 0.0586 e. The Bertz CT molecular complexity index is 163. The Morgan fingerprint density at radius 2 is 0.842 bits per heavy atom. The Kier molecular flexibility index (Phi) is 17.5. The molecule has 0 N–H and O–H groups in total. The lowest BCUT2D eigenvalue weighted by atomic mass is 10.1. The third kappa shape index (κ3) is 21.2. The summed E-state index contributed by atoms with van der Waals surface area (Å²) < 4.78 is 0. The van der Waals surface area contributed by atoms with Crippen LogP contribution in [0.4, 0.5) is 0 Å². The van der Waals surface area contributed by atoms with Crippen LogP contribution in [0.25, 0.3) is 0 Å². The van der Waals surface area contributed by atoms with Crippen LogP contribution in [-0.4, -0.2) is 26.2 Å². The van der Waals surface area contributed by atoms with Crippen molar-refractivity contribution in [1.29, 1.82) is 0 Å². The Balaban J connectivity index is 0. The maximum Gasteiger partial charge on any atom is 0.0586 e. The largest absolute Gasteiger partial charge is 1.00 e. The van der Waals surface area contributed by atoms with Gasteiger partial charge in [-0.15, -0.1) is 0 Å². The molecule has 0 saturated carbocycles. The zero-order valence-electron chi connectivity index (χ0n) is 14.0. The normalized spacial score (nSPS) is 11.4. The van der Waals surface area contributed by atoms with Crippen LogP contribution in [0.15, 0.2) is 0 Å². The summed E-state index contributed by atoms with van der Waals surface area (Å²) in [5.41, 5.74) is 0. The average Bonchev–Trinajstić information content (AvgIpc) is 2.29. The van der Waals surface area contributed by atoms with Crippen LogP contribution in [-0.2, 0) is 0 Å². The quantitative estimate of drug-likeness (QED) is 0.360. The monoisotopic (exact) mass is 308 g/mol. The van der Waals surface area contributed by atoms with E-state index < -0.39 is 7.26 Å². The van der Waals surface area contributed by atoms with Crippen LogP contribution in [0, 0.1) is 0 Å². The van der Waals surface area contributed by atoms with E-state index in [-0.39, 0.29) is 12.4 Å². The second kappa shape index (κ2) is 15.1. The maximum absolute atomic E-state index is 2.46. The Morgan fingerprint density at radius 3 is 1.16 bits per heavy atom. The Labute approximate surface area is 130 Å². The molecule has 2 heteroatoms. The molecule has 0 rings (SSSR count). The lowest BCUT2D eigenvalue weighted by molar-refractivity contribution is -0.00000433. The lowest BCUT2D eigenvalue weighted by Crippen LogP contribution is -3.00. The molecule has 0 atom stereocenters. The minimum absolute atomic E-state index is 0. The molecule has 0 aliphatic rings. The van der Waals surface area contributed by atoms with Gasteiger partial charge in [0.25, 0.3) is 0 Å². The minimum atomic E-state index is -0.496. The molecule has 0 aliphatic heterocycles. The number of hydrogen-bond donors (Lipinski definition) is 0. The van der Waals surface area contributed by atoms with Gasteiger partial charge >= 0.3 is 0 Å². The van der Waals surface area contributed by atoms with E-state index in [0.717, 1.165) is 0 Å². The van der Waals surface area contributed by atoms with E-state index in [9.17, 15) is 0 Å². The molecule has 19 heavy (non-hydrogen) atoms. The molecule has 0 bridgehead atoms. The molecule has 0 unspecified atom stereocenters. The summed E-state index contributed by atoms with van der Waals surface area (Å²) in [6.07, 6.45) is 19.1. The van der Waals surface area contributed by atoms with Crippen LogP contribution >= 0.6 is 7.26 Å². The molecular weight excluding hydrogens is 271 g/mol. The fourth-order valence-corrected chi connectivity index (χ4v) is 3.60. The van der Waals surface area contributed by atoms with Gasteiger partial charge in [-0.1, -0.05) is 71.1 Å². The van der Waals surface area contributed by atoms with E-state index in [1.807, 2.05) is 0 Å². The third-order valence-corrected chi connectivity index (χ3v) is 5.34. The molecule has 0 saturated heterocycles. The van der Waals surface area contributed by atoms with Crippen molar-refractivity contribution < 1.29 is 12.4 Å². The van der Waals surface area contributed by atoms with Crippen LogP contribution in [0.2, 0.25) is 0 Å². The Morgan fingerprint density at radius 1 is 0.526 bits per heavy atom. The predicted molar refractivity (Wildman–Crippen MR) is 90.6 cm³/mol. The molecule has 0 aromatic carbocycles. The van der Waals surface area contributed by atoms with Crippen LogP contribution < -0.4 is 12.4 Å². The van der Waals surface area contributed by atoms with Gasteiger partial charge in [0.1, 0.15) is 0 Å². The fourth-order valence-electron chi connectivity index (χ4n) is 2.43. The van der Waals surface area contributed by atoms with E-state index in [1.54, 1.807) is 0 Å². The van der Waals surface area contributed by atoms with Gasteiger partial charge in [0.15, 0.2) is 0 Å². The van der Waals surface area contributed by atoms with Gasteiger partial charge in [-0.05, 0) is 12.8 Å². The summed E-state index contributed by atoms with van der Waals surface area (Å²) in [6.45, 7) is 9.68. The fraction of sp³-hybridized carbons (Fsp3) is 1.00. The van der Waals surface area contributed by atoms with Gasteiger partial charge in [-0.3, -0.25) is 0 Å². The summed E-state index contributed by atoms with van der Waals surface area (Å²) in [5.74, 6) is 0. The van der Waals surface area contributed by atoms with Crippen molar-refractivity contribution >= 4 is 7.26 Å². The highest BCUT2D eigenvalue weighted by Crippen LogP contribution is 2.47. The topological polar surface area (TPSA) is 0 Å². The van der Waals surface area contributed by atoms with Crippen molar-refractivity contribution in [3.05, 3.63) is 0 Å². The second-order valence-corrected chi connectivity index (χ2v) is 11.9. The molecule has 0 aromatic rings. The number of unbranched alkanes of at least 4 members (excludes halogenated alkanes) is 11. The van der Waals surface area contributed by atoms with Crippen LogP contribution in [0.3, 0.4) is 0 Å². The number of hydrogen-bond acceptors (Lipinski definition) is 0. The minimum Gasteiger partial charge on any atom is -1.00 e. The Hall–Kier alpha value is 0.720. The van der Waals surface area contributed by atoms with Crippen molar-refractivity contribution in [3.63, 3.8) is 0 Å². The maximum atomic E-state index is 2.46. The first kappa shape index (κ1) is 22.0. The van der Waals surface area contributed by atoms with E-state index >= 15 is 0 Å². The molecule has 0 aromatic heterocycles. The number of rotatable bonds is 13. The summed E-state index contributed by atoms with van der Waals surface area (Å²) in [4.78, 5) is 0. The van der Waals surface area contributed by atoms with Gasteiger partial charge in [0.2, 0.25) is 0 Å². The van der Waals surface area contributed by atoms with Crippen molar-refractivity contribution in [1.82, 2.24) is 0 Å². The van der Waals surface area contributed by atoms with Crippen molar-refractivity contribution in [2.24, 2.45) is 0 Å². The molecule has 0 radical (unpaired) electrons. The molecular formula is C17H38ClP. The molecule has 0 nitrogen and oxygen atoms in total. The first-order valence-electron chi connectivity index (χ1n) is 8.36. The molecule has 0 amide bonds. The summed E-state index contributed by atoms with van der Waals surface area (Å²) in [5, 5.41) is 0. The molecule has 118 valence electrons. The highest BCUT2D eigenvalue weighted by atomic mass is 35.5. The summed E-state index contributed by atoms with van der Waals surface area (Å²) in [6, 6.07) is 0. The summed E-state index contributed by atoms with van der Waals surface area (Å²) >= 11 is 0. The zero-order chi connectivity index (χ0) is 13.7. The molecule has 0 heterocycles. The second-order valence-electron chi connectivity index (χ2n) is 6.90. The van der Waals surface area contributed by atoms with Gasteiger partial charge in [0.05, 0.1) is 6.16 Å². The van der Waals surface area contributed by atoms with Crippen LogP contribution in [0.5, 0.6) is 0 Å². The van der Waals surface area contributed by atoms with E-state index in [1.165, 1.54) is 83.2 Å². The standard InChI is InChI=1S/C17H38P.ClH/c1-5-6-7-8-9-10-11-12-13-14-15-16-17-18(2,3)4;/h5-17H2,1-4H3;1H/q+1;/p-1. The first-order valence-corrected chi connectivity index (χ1v) is 11.7. The molecule has 0 fully saturated rings. The van der Waals surface area contributed by atoms with Crippen LogP contribution in [0.1, 0.15) is 84.0 Å². The van der Waals surface area contributed by atoms with Crippen molar-refractivity contribution in [2.45, 2.75) is 84.0 Å². The third-order valence-electron chi connectivity index (χ3n) is 3.68. The van der Waals surface area contributed by atoms with E-state index in [4.69, 9.17) is 0 Å². The van der Waals surface area contributed by atoms with Crippen molar-refractivity contribution in [2.75, 3.05) is 26.2 Å². The van der Waals surface area contributed by atoms with Crippen molar-refractivity contribution in [3.8, 4) is 0 Å². The van der Waals surface area contributed by atoms with E-state index in [0.29, 0.717) is 0 Å². The summed E-state index contributed by atoms with van der Waals surface area (Å²) in [7, 11) is -0.496. The average molecular weight is 309 g/mol. The lowest BCUT2D eigenvalue weighted by Gasteiger charge is -2.10. The molecule has 0 aliphatic carbocycles. The van der Waals surface area contributed by atoms with Gasteiger partial charge in [-0.2, -0.15) is 0 Å². The van der Waals surface area contributed by atoms with E-state index in [2.05, 4.69) is 26.9 Å². The van der Waals surface area contributed by atoms with Gasteiger partial charge in [-0.25, -0.2) is 0 Å². The highest BCUT2D eigenvalue weighted by Gasteiger charge is 2.15. The molecule has 0 spiro atoms. The van der Waals surface area contributed by atoms with Gasteiger partial charge < -0.3 is 12.4 Å².